The molecule has 1 aromatic heterocycles. The Morgan fingerprint density at radius 1 is 1.08 bits per heavy atom. The number of hydrogen-bond donors (Lipinski definition) is 2. The van der Waals surface area contributed by atoms with Gasteiger partial charge in [0, 0.05) is 18.9 Å². The van der Waals surface area contributed by atoms with Crippen molar-refractivity contribution in [2.24, 2.45) is 0 Å². The Morgan fingerprint density at radius 3 is 2.21 bits per heavy atom. The number of nitrogens with one attached hydrogen (secondary N) is 1. The van der Waals surface area contributed by atoms with Crippen molar-refractivity contribution < 1.29 is 22.7 Å². The lowest BCUT2D eigenvalue weighted by Crippen LogP contribution is -2.49. The average Bonchev–Trinajstić information content (AvgIpc) is 2.52. The minimum absolute atomic E-state index is 0.272. The van der Waals surface area contributed by atoms with Gasteiger partial charge in [0.2, 0.25) is 0 Å². The summed E-state index contributed by atoms with van der Waals surface area (Å²) in [5.74, 6) is -0.478. The Bertz CT molecular complexity index is 642. The van der Waals surface area contributed by atoms with Gasteiger partial charge in [-0.25, -0.2) is 4.39 Å². The van der Waals surface area contributed by atoms with E-state index in [1.54, 1.807) is 0 Å². The van der Waals surface area contributed by atoms with E-state index in [-0.39, 0.29) is 13.0 Å². The van der Waals surface area contributed by atoms with E-state index in [1.165, 1.54) is 43.6 Å². The lowest BCUT2D eigenvalue weighted by molar-refractivity contribution is -0.157. The smallest absolute Gasteiger partial charge is 0.384 e. The van der Waals surface area contributed by atoms with E-state index in [1.807, 2.05) is 0 Å². The normalized spacial score (nSPS) is 15.8. The summed E-state index contributed by atoms with van der Waals surface area (Å²) >= 11 is 0. The number of halogens is 4. The molecule has 0 saturated heterocycles. The lowest BCUT2D eigenvalue weighted by atomic mass is 9.95. The maximum atomic E-state index is 13.2. The van der Waals surface area contributed by atoms with Crippen LogP contribution in [0.2, 0.25) is 0 Å². The standard InChI is InChI=1S/C17H18F4N2O/c1-16(24,13-2-4-14(18)5-3-13)11-23-15(17(19,20)21)10-12-6-8-22-9-7-12/h2-9,15,23-24H,10-11H2,1H3. The molecule has 0 radical (unpaired) electrons. The molecule has 0 aliphatic carbocycles. The number of rotatable bonds is 6. The van der Waals surface area contributed by atoms with E-state index < -0.39 is 23.6 Å². The average molecular weight is 342 g/mol. The van der Waals surface area contributed by atoms with Crippen LogP contribution < -0.4 is 5.32 Å². The Kier molecular flexibility index (Phi) is 5.56. The van der Waals surface area contributed by atoms with E-state index >= 15 is 0 Å². The summed E-state index contributed by atoms with van der Waals surface area (Å²) in [6, 6.07) is 6.22. The van der Waals surface area contributed by atoms with Gasteiger partial charge in [0.25, 0.3) is 0 Å². The van der Waals surface area contributed by atoms with Gasteiger partial charge in [0.15, 0.2) is 0 Å². The quantitative estimate of drug-likeness (QED) is 0.793. The molecule has 0 aliphatic rings. The van der Waals surface area contributed by atoms with E-state index in [9.17, 15) is 22.7 Å². The predicted molar refractivity (Wildman–Crippen MR) is 81.8 cm³/mol. The monoisotopic (exact) mass is 342 g/mol. The van der Waals surface area contributed by atoms with Crippen molar-refractivity contribution in [2.75, 3.05) is 6.54 Å². The first-order chi connectivity index (χ1) is 11.2. The number of nitrogens with zero attached hydrogens (tertiary/aromatic N) is 1. The summed E-state index contributed by atoms with van der Waals surface area (Å²) in [7, 11) is 0. The Labute approximate surface area is 137 Å². The Hall–Kier alpha value is -1.99. The first-order valence-corrected chi connectivity index (χ1v) is 7.36. The van der Waals surface area contributed by atoms with Crippen molar-refractivity contribution in [3.8, 4) is 0 Å². The number of aromatic nitrogens is 1. The zero-order valence-corrected chi connectivity index (χ0v) is 13.0. The summed E-state index contributed by atoms with van der Waals surface area (Å²) in [6.45, 7) is 1.06. The molecular weight excluding hydrogens is 324 g/mol. The van der Waals surface area contributed by atoms with Crippen LogP contribution in [0.15, 0.2) is 48.8 Å². The molecule has 0 aliphatic heterocycles. The molecule has 2 N–H and O–H groups in total. The van der Waals surface area contributed by atoms with Gasteiger partial charge in [-0.15, -0.1) is 0 Å². The molecule has 3 nitrogen and oxygen atoms in total. The van der Waals surface area contributed by atoms with Gasteiger partial charge in [-0.1, -0.05) is 12.1 Å². The van der Waals surface area contributed by atoms with Crippen LogP contribution in [0.1, 0.15) is 18.1 Å². The summed E-state index contributed by atoms with van der Waals surface area (Å²) in [5, 5.41) is 12.8. The lowest BCUT2D eigenvalue weighted by Gasteiger charge is -2.29. The van der Waals surface area contributed by atoms with Crippen LogP contribution in [-0.4, -0.2) is 28.9 Å². The van der Waals surface area contributed by atoms with Crippen LogP contribution in [0.4, 0.5) is 17.6 Å². The van der Waals surface area contributed by atoms with Gasteiger partial charge in [0.1, 0.15) is 11.9 Å². The fourth-order valence-corrected chi connectivity index (χ4v) is 2.29. The molecule has 7 heteroatoms. The van der Waals surface area contributed by atoms with E-state index in [4.69, 9.17) is 0 Å². The van der Waals surface area contributed by atoms with Crippen molar-refractivity contribution in [3.05, 3.63) is 65.7 Å². The van der Waals surface area contributed by atoms with Crippen molar-refractivity contribution >= 4 is 0 Å². The Balaban J connectivity index is 2.08. The fourth-order valence-electron chi connectivity index (χ4n) is 2.29. The van der Waals surface area contributed by atoms with Gasteiger partial charge in [-0.05, 0) is 48.7 Å². The summed E-state index contributed by atoms with van der Waals surface area (Å²) < 4.78 is 52.6. The van der Waals surface area contributed by atoms with E-state index in [0.717, 1.165) is 12.1 Å². The second-order valence-electron chi connectivity index (χ2n) is 5.82. The first kappa shape index (κ1) is 18.4. The minimum atomic E-state index is -4.47. The van der Waals surface area contributed by atoms with Crippen LogP contribution in [0.5, 0.6) is 0 Å². The highest BCUT2D eigenvalue weighted by molar-refractivity contribution is 5.23. The Morgan fingerprint density at radius 2 is 1.67 bits per heavy atom. The first-order valence-electron chi connectivity index (χ1n) is 7.36. The molecule has 2 atom stereocenters. The second kappa shape index (κ2) is 7.27. The molecule has 0 spiro atoms. The zero-order chi connectivity index (χ0) is 17.8. The van der Waals surface area contributed by atoms with Crippen LogP contribution in [-0.2, 0) is 12.0 Å². The third-order valence-electron chi connectivity index (χ3n) is 3.74. The third kappa shape index (κ3) is 5.01. The molecule has 0 amide bonds. The molecule has 2 unspecified atom stereocenters. The maximum absolute atomic E-state index is 13.2. The van der Waals surface area contributed by atoms with Gasteiger partial charge < -0.3 is 10.4 Å². The summed E-state index contributed by atoms with van der Waals surface area (Å²) in [5.41, 5.74) is -0.738. The molecule has 0 saturated carbocycles. The van der Waals surface area contributed by atoms with Crippen LogP contribution in [0.3, 0.4) is 0 Å². The van der Waals surface area contributed by atoms with Crippen LogP contribution in [0.25, 0.3) is 0 Å². The molecule has 1 aromatic carbocycles. The number of hydrogen-bond acceptors (Lipinski definition) is 3. The highest BCUT2D eigenvalue weighted by Crippen LogP contribution is 2.25. The minimum Gasteiger partial charge on any atom is -0.384 e. The highest BCUT2D eigenvalue weighted by Gasteiger charge is 2.40. The van der Waals surface area contributed by atoms with Gasteiger partial charge >= 0.3 is 6.18 Å². The topological polar surface area (TPSA) is 45.1 Å². The number of pyridine rings is 1. The third-order valence-corrected chi connectivity index (χ3v) is 3.74. The SMILES string of the molecule is CC(O)(CNC(Cc1ccncc1)C(F)(F)F)c1ccc(F)cc1. The molecular formula is C17H18F4N2O. The van der Waals surface area contributed by atoms with Crippen LogP contribution in [0, 0.1) is 5.82 Å². The van der Waals surface area contributed by atoms with Gasteiger partial charge in [-0.3, -0.25) is 4.98 Å². The number of aliphatic hydroxyl groups is 1. The zero-order valence-electron chi connectivity index (χ0n) is 13.0. The van der Waals surface area contributed by atoms with Crippen molar-refractivity contribution in [1.29, 1.82) is 0 Å². The van der Waals surface area contributed by atoms with Gasteiger partial charge in [0.05, 0.1) is 5.60 Å². The van der Waals surface area contributed by atoms with Gasteiger partial charge in [-0.2, -0.15) is 13.2 Å². The largest absolute Gasteiger partial charge is 0.404 e. The maximum Gasteiger partial charge on any atom is 0.404 e. The van der Waals surface area contributed by atoms with Crippen molar-refractivity contribution in [3.63, 3.8) is 0 Å². The van der Waals surface area contributed by atoms with E-state index in [0.29, 0.717) is 11.1 Å². The molecule has 130 valence electrons. The second-order valence-corrected chi connectivity index (χ2v) is 5.82. The number of benzene rings is 1. The molecule has 0 bridgehead atoms. The number of alkyl halides is 3. The fraction of sp³-hybridized carbons (Fsp3) is 0.353. The molecule has 2 rings (SSSR count). The summed E-state index contributed by atoms with van der Waals surface area (Å²) in [4.78, 5) is 3.77. The molecule has 24 heavy (non-hydrogen) atoms. The molecule has 0 fully saturated rings. The molecule has 1 heterocycles. The molecule has 2 aromatic rings. The van der Waals surface area contributed by atoms with Crippen molar-refractivity contribution in [1.82, 2.24) is 10.3 Å². The highest BCUT2D eigenvalue weighted by atomic mass is 19.4. The van der Waals surface area contributed by atoms with E-state index in [2.05, 4.69) is 10.3 Å². The predicted octanol–water partition coefficient (Wildman–Crippen LogP) is 3.19. The van der Waals surface area contributed by atoms with Crippen LogP contribution >= 0.6 is 0 Å². The van der Waals surface area contributed by atoms with Crippen molar-refractivity contribution in [2.45, 2.75) is 31.2 Å². The summed E-state index contributed by atoms with van der Waals surface area (Å²) in [6.07, 6.45) is -1.89.